The Morgan fingerprint density at radius 1 is 0.595 bits per heavy atom. The molecule has 176 valence electrons. The molecule has 0 N–H and O–H groups in total. The first-order valence-corrected chi connectivity index (χ1v) is 13.0. The molecule has 0 aromatic heterocycles. The second-order valence-electron chi connectivity index (χ2n) is 10.2. The SMILES string of the molecule is C=C/C=C(\C)c1cc(C)ccc1-c1cccc2c1-c1ccccc1C21c2ccccc2-c2ccccc21. The Morgan fingerprint density at radius 2 is 1.14 bits per heavy atom. The molecule has 0 saturated heterocycles. The molecule has 0 heteroatoms. The predicted octanol–water partition coefficient (Wildman–Crippen LogP) is 9.59. The molecule has 7 rings (SSSR count). The highest BCUT2D eigenvalue weighted by molar-refractivity contribution is 6.01. The summed E-state index contributed by atoms with van der Waals surface area (Å²) in [6, 6.07) is 40.8. The van der Waals surface area contributed by atoms with Crippen LogP contribution in [-0.2, 0) is 5.41 Å². The minimum absolute atomic E-state index is 0.314. The first kappa shape index (κ1) is 21.8. The Hall–Kier alpha value is -4.42. The lowest BCUT2D eigenvalue weighted by Gasteiger charge is -2.30. The van der Waals surface area contributed by atoms with Crippen molar-refractivity contribution < 1.29 is 0 Å². The van der Waals surface area contributed by atoms with Crippen LogP contribution in [0.5, 0.6) is 0 Å². The second-order valence-corrected chi connectivity index (χ2v) is 10.2. The molecule has 2 aliphatic rings. The third-order valence-electron chi connectivity index (χ3n) is 8.28. The quantitative estimate of drug-likeness (QED) is 0.225. The standard InChI is InChI=1S/C37H28/c1-4-12-25(3)31-23-24(2)21-22-26(31)29-16-11-20-35-36(29)30-15-7-10-19-34(30)37(35)32-17-8-5-13-27(32)28-14-6-9-18-33(28)37/h4-23H,1H2,2-3H3/b25-12+. The lowest BCUT2D eigenvalue weighted by molar-refractivity contribution is 0.794. The van der Waals surface area contributed by atoms with Crippen molar-refractivity contribution in [2.75, 3.05) is 0 Å². The fourth-order valence-corrected chi connectivity index (χ4v) is 6.85. The highest BCUT2D eigenvalue weighted by Crippen LogP contribution is 2.64. The molecule has 0 nitrogen and oxygen atoms in total. The minimum atomic E-state index is -0.314. The van der Waals surface area contributed by atoms with Crippen LogP contribution in [0.1, 0.15) is 40.3 Å². The molecule has 0 fully saturated rings. The van der Waals surface area contributed by atoms with E-state index in [0.717, 1.165) is 0 Å². The maximum atomic E-state index is 3.95. The molecule has 0 radical (unpaired) electrons. The number of fused-ring (bicyclic) bond motifs is 10. The van der Waals surface area contributed by atoms with E-state index in [1.807, 2.05) is 6.08 Å². The highest BCUT2D eigenvalue weighted by atomic mass is 14.5. The smallest absolute Gasteiger partial charge is 0.0725 e. The van der Waals surface area contributed by atoms with Gasteiger partial charge in [-0.15, -0.1) is 0 Å². The Kier molecular flexibility index (Phi) is 4.75. The third kappa shape index (κ3) is 2.84. The van der Waals surface area contributed by atoms with Crippen molar-refractivity contribution in [1.82, 2.24) is 0 Å². The van der Waals surface area contributed by atoms with Gasteiger partial charge in [0.05, 0.1) is 5.41 Å². The van der Waals surface area contributed by atoms with Crippen LogP contribution in [0.15, 0.2) is 128 Å². The van der Waals surface area contributed by atoms with Gasteiger partial charge in [0.2, 0.25) is 0 Å². The summed E-state index contributed by atoms with van der Waals surface area (Å²) < 4.78 is 0. The molecule has 0 bridgehead atoms. The van der Waals surface area contributed by atoms with E-state index in [-0.39, 0.29) is 5.41 Å². The van der Waals surface area contributed by atoms with E-state index in [1.165, 1.54) is 72.3 Å². The molecule has 0 atom stereocenters. The van der Waals surface area contributed by atoms with Crippen LogP contribution in [0, 0.1) is 6.92 Å². The Bertz CT molecular complexity index is 1720. The van der Waals surface area contributed by atoms with E-state index in [2.05, 4.69) is 136 Å². The van der Waals surface area contributed by atoms with Crippen molar-refractivity contribution in [1.29, 1.82) is 0 Å². The highest BCUT2D eigenvalue weighted by Gasteiger charge is 2.51. The maximum Gasteiger partial charge on any atom is 0.0725 e. The number of benzene rings is 5. The summed E-state index contributed by atoms with van der Waals surface area (Å²) in [6.45, 7) is 8.30. The summed E-state index contributed by atoms with van der Waals surface area (Å²) in [5.74, 6) is 0. The number of hydrogen-bond acceptors (Lipinski definition) is 0. The van der Waals surface area contributed by atoms with Crippen molar-refractivity contribution in [2.24, 2.45) is 0 Å². The molecule has 0 saturated carbocycles. The zero-order valence-corrected chi connectivity index (χ0v) is 21.3. The zero-order chi connectivity index (χ0) is 25.1. The van der Waals surface area contributed by atoms with Crippen molar-refractivity contribution in [3.63, 3.8) is 0 Å². The Morgan fingerprint density at radius 3 is 1.78 bits per heavy atom. The topological polar surface area (TPSA) is 0 Å². The predicted molar refractivity (Wildman–Crippen MR) is 157 cm³/mol. The average Bonchev–Trinajstić information content (AvgIpc) is 3.41. The molecule has 0 amide bonds. The minimum Gasteiger partial charge on any atom is -0.0991 e. The first-order valence-electron chi connectivity index (χ1n) is 13.0. The van der Waals surface area contributed by atoms with Gasteiger partial charge in [-0.2, -0.15) is 0 Å². The third-order valence-corrected chi connectivity index (χ3v) is 8.28. The lowest BCUT2D eigenvalue weighted by Crippen LogP contribution is -2.25. The Balaban J connectivity index is 1.62. The van der Waals surface area contributed by atoms with Crippen LogP contribution in [0.2, 0.25) is 0 Å². The van der Waals surface area contributed by atoms with E-state index < -0.39 is 0 Å². The molecule has 0 unspecified atom stereocenters. The van der Waals surface area contributed by atoms with Gasteiger partial charge in [0.15, 0.2) is 0 Å². The van der Waals surface area contributed by atoms with E-state index in [1.54, 1.807) is 0 Å². The van der Waals surface area contributed by atoms with Gasteiger partial charge in [-0.25, -0.2) is 0 Å². The van der Waals surface area contributed by atoms with Gasteiger partial charge in [-0.05, 0) is 80.6 Å². The number of allylic oxidation sites excluding steroid dienone is 3. The monoisotopic (exact) mass is 472 g/mol. The average molecular weight is 473 g/mol. The van der Waals surface area contributed by atoms with Crippen molar-refractivity contribution >= 4 is 5.57 Å². The fraction of sp³-hybridized carbons (Fsp3) is 0.0811. The van der Waals surface area contributed by atoms with Gasteiger partial charge in [0.1, 0.15) is 0 Å². The summed E-state index contributed by atoms with van der Waals surface area (Å²) in [6.07, 6.45) is 3.99. The molecule has 5 aromatic carbocycles. The van der Waals surface area contributed by atoms with Gasteiger partial charge in [0.25, 0.3) is 0 Å². The first-order chi connectivity index (χ1) is 18.2. The molecule has 5 aromatic rings. The van der Waals surface area contributed by atoms with Crippen LogP contribution in [0.4, 0.5) is 0 Å². The second kappa shape index (κ2) is 8.05. The van der Waals surface area contributed by atoms with Crippen LogP contribution in [0.3, 0.4) is 0 Å². The molecule has 0 aliphatic heterocycles. The van der Waals surface area contributed by atoms with Crippen LogP contribution in [-0.4, -0.2) is 0 Å². The normalized spacial score (nSPS) is 14.2. The molecule has 0 heterocycles. The van der Waals surface area contributed by atoms with Gasteiger partial charge >= 0.3 is 0 Å². The van der Waals surface area contributed by atoms with Crippen molar-refractivity contribution in [3.8, 4) is 33.4 Å². The summed E-state index contributed by atoms with van der Waals surface area (Å²) in [5.41, 5.74) is 16.9. The van der Waals surface area contributed by atoms with Crippen LogP contribution in [0.25, 0.3) is 39.0 Å². The number of aryl methyl sites for hydroxylation is 1. The number of hydrogen-bond donors (Lipinski definition) is 0. The van der Waals surface area contributed by atoms with Gasteiger partial charge in [0, 0.05) is 0 Å². The van der Waals surface area contributed by atoms with Gasteiger partial charge in [-0.3, -0.25) is 0 Å². The molecule has 37 heavy (non-hydrogen) atoms. The lowest BCUT2D eigenvalue weighted by atomic mass is 9.70. The molecular formula is C37H28. The summed E-state index contributed by atoms with van der Waals surface area (Å²) in [7, 11) is 0. The van der Waals surface area contributed by atoms with Crippen molar-refractivity contribution in [3.05, 3.63) is 161 Å². The fourth-order valence-electron chi connectivity index (χ4n) is 6.85. The van der Waals surface area contributed by atoms with Crippen LogP contribution >= 0.6 is 0 Å². The van der Waals surface area contributed by atoms with E-state index in [9.17, 15) is 0 Å². The Labute approximate surface area is 219 Å². The van der Waals surface area contributed by atoms with Crippen LogP contribution < -0.4 is 0 Å². The zero-order valence-electron chi connectivity index (χ0n) is 21.3. The molecular weight excluding hydrogens is 444 g/mol. The van der Waals surface area contributed by atoms with Crippen molar-refractivity contribution in [2.45, 2.75) is 19.3 Å². The van der Waals surface area contributed by atoms with Gasteiger partial charge < -0.3 is 0 Å². The summed E-state index contributed by atoms with van der Waals surface area (Å²) in [4.78, 5) is 0. The summed E-state index contributed by atoms with van der Waals surface area (Å²) in [5, 5.41) is 0. The number of rotatable bonds is 3. The van der Waals surface area contributed by atoms with Gasteiger partial charge in [-0.1, -0.05) is 133 Å². The van der Waals surface area contributed by atoms with E-state index in [0.29, 0.717) is 0 Å². The molecule has 2 aliphatic carbocycles. The van der Waals surface area contributed by atoms with E-state index in [4.69, 9.17) is 0 Å². The largest absolute Gasteiger partial charge is 0.0991 e. The molecule has 1 spiro atoms. The summed E-state index contributed by atoms with van der Waals surface area (Å²) >= 11 is 0. The van der Waals surface area contributed by atoms with E-state index >= 15 is 0 Å². The maximum absolute atomic E-state index is 3.95.